The molecule has 1 atom stereocenters. The van der Waals surface area contributed by atoms with Gasteiger partial charge in [0.1, 0.15) is 5.75 Å². The monoisotopic (exact) mass is 315 g/mol. The molecule has 0 fully saturated rings. The fraction of sp³-hybridized carbons (Fsp3) is 0.368. The minimum absolute atomic E-state index is 0.0555. The van der Waals surface area contributed by atoms with E-state index in [1.807, 2.05) is 6.07 Å². The zero-order valence-corrected chi connectivity index (χ0v) is 13.9. The quantitative estimate of drug-likeness (QED) is 0.778. The smallest absolute Gasteiger partial charge is 0.123 e. The van der Waals surface area contributed by atoms with Crippen LogP contribution in [0.1, 0.15) is 27.6 Å². The van der Waals surface area contributed by atoms with Crippen molar-refractivity contribution in [2.24, 2.45) is 0 Å². The van der Waals surface area contributed by atoms with Crippen LogP contribution in [0, 0.1) is 6.92 Å². The minimum atomic E-state index is -0.0555. The second-order valence-corrected chi connectivity index (χ2v) is 6.49. The highest BCUT2D eigenvalue weighted by molar-refractivity contribution is 6.21. The molecule has 0 aromatic heterocycles. The number of hydrogen-bond acceptors (Lipinski definition) is 2. The van der Waals surface area contributed by atoms with E-state index >= 15 is 0 Å². The highest BCUT2D eigenvalue weighted by Gasteiger charge is 2.21. The summed E-state index contributed by atoms with van der Waals surface area (Å²) in [5.74, 6) is 0.878. The summed E-state index contributed by atoms with van der Waals surface area (Å²) in [6.45, 7) is 4.97. The van der Waals surface area contributed by atoms with Gasteiger partial charge in [0.25, 0.3) is 0 Å². The van der Waals surface area contributed by atoms with Crippen LogP contribution in [0.5, 0.6) is 5.75 Å². The van der Waals surface area contributed by atoms with E-state index in [9.17, 15) is 0 Å². The van der Waals surface area contributed by atoms with Crippen molar-refractivity contribution in [2.75, 3.05) is 20.2 Å². The van der Waals surface area contributed by atoms with Crippen LogP contribution in [-0.2, 0) is 13.0 Å². The van der Waals surface area contributed by atoms with E-state index in [0.29, 0.717) is 0 Å². The number of rotatable bonds is 4. The summed E-state index contributed by atoms with van der Waals surface area (Å²) < 4.78 is 5.46. The predicted octanol–water partition coefficient (Wildman–Crippen LogP) is 4.34. The number of aryl methyl sites for hydroxylation is 1. The minimum Gasteiger partial charge on any atom is -0.496 e. The van der Waals surface area contributed by atoms with Crippen molar-refractivity contribution < 1.29 is 4.74 Å². The van der Waals surface area contributed by atoms with Crippen LogP contribution in [0.25, 0.3) is 0 Å². The van der Waals surface area contributed by atoms with E-state index in [2.05, 4.69) is 48.2 Å². The van der Waals surface area contributed by atoms with Crippen molar-refractivity contribution in [2.45, 2.75) is 25.3 Å². The van der Waals surface area contributed by atoms with E-state index in [4.69, 9.17) is 16.3 Å². The Balaban J connectivity index is 1.73. The third-order valence-electron chi connectivity index (χ3n) is 4.35. The largest absolute Gasteiger partial charge is 0.496 e. The van der Waals surface area contributed by atoms with Crippen molar-refractivity contribution >= 4 is 11.6 Å². The predicted molar refractivity (Wildman–Crippen MR) is 91.7 cm³/mol. The van der Waals surface area contributed by atoms with Gasteiger partial charge >= 0.3 is 0 Å². The van der Waals surface area contributed by atoms with Crippen LogP contribution in [-0.4, -0.2) is 25.1 Å². The molecular formula is C19H22ClNO. The molecule has 3 heteroatoms. The number of ether oxygens (including phenoxy) is 1. The Labute approximate surface area is 137 Å². The summed E-state index contributed by atoms with van der Waals surface area (Å²) in [5, 5.41) is -0.0555. The van der Waals surface area contributed by atoms with Crippen molar-refractivity contribution in [3.8, 4) is 5.75 Å². The van der Waals surface area contributed by atoms with Gasteiger partial charge in [-0.3, -0.25) is 4.90 Å². The molecule has 0 amide bonds. The molecule has 0 saturated heterocycles. The van der Waals surface area contributed by atoms with Crippen molar-refractivity contribution in [1.82, 2.24) is 4.90 Å². The summed E-state index contributed by atoms with van der Waals surface area (Å²) in [7, 11) is 1.70. The van der Waals surface area contributed by atoms with Crippen LogP contribution in [0.4, 0.5) is 0 Å². The Morgan fingerprint density at radius 1 is 1.18 bits per heavy atom. The molecule has 116 valence electrons. The van der Waals surface area contributed by atoms with Gasteiger partial charge in [-0.1, -0.05) is 42.0 Å². The van der Waals surface area contributed by atoms with E-state index in [0.717, 1.165) is 37.4 Å². The van der Waals surface area contributed by atoms with Gasteiger partial charge in [0.15, 0.2) is 0 Å². The van der Waals surface area contributed by atoms with E-state index in [-0.39, 0.29) is 5.38 Å². The third kappa shape index (κ3) is 3.29. The van der Waals surface area contributed by atoms with E-state index in [1.54, 1.807) is 7.11 Å². The first-order valence-corrected chi connectivity index (χ1v) is 8.19. The van der Waals surface area contributed by atoms with Crippen molar-refractivity contribution in [3.05, 3.63) is 64.7 Å². The molecule has 2 aromatic rings. The lowest BCUT2D eigenvalue weighted by Crippen LogP contribution is -2.33. The van der Waals surface area contributed by atoms with Gasteiger partial charge in [-0.2, -0.15) is 0 Å². The average molecular weight is 316 g/mol. The summed E-state index contributed by atoms with van der Waals surface area (Å²) in [6.07, 6.45) is 1.10. The van der Waals surface area contributed by atoms with E-state index in [1.165, 1.54) is 16.7 Å². The van der Waals surface area contributed by atoms with Crippen molar-refractivity contribution in [3.63, 3.8) is 0 Å². The Kier molecular flexibility index (Phi) is 4.70. The summed E-state index contributed by atoms with van der Waals surface area (Å²) in [6, 6.07) is 14.9. The molecule has 3 rings (SSSR count). The number of fused-ring (bicyclic) bond motifs is 1. The summed E-state index contributed by atoms with van der Waals surface area (Å²) in [4.78, 5) is 2.43. The maximum absolute atomic E-state index is 6.70. The molecule has 0 bridgehead atoms. The molecule has 1 unspecified atom stereocenters. The number of nitrogens with zero attached hydrogens (tertiary/aromatic N) is 1. The fourth-order valence-corrected chi connectivity index (χ4v) is 3.50. The number of halogens is 1. The lowest BCUT2D eigenvalue weighted by molar-refractivity contribution is 0.253. The Morgan fingerprint density at radius 2 is 1.95 bits per heavy atom. The Hall–Kier alpha value is -1.51. The molecule has 1 heterocycles. The highest BCUT2D eigenvalue weighted by Crippen LogP contribution is 2.32. The summed E-state index contributed by atoms with van der Waals surface area (Å²) in [5.41, 5.74) is 5.19. The zero-order valence-electron chi connectivity index (χ0n) is 13.2. The van der Waals surface area contributed by atoms with Gasteiger partial charge in [-0.25, -0.2) is 0 Å². The molecule has 2 aromatic carbocycles. The second kappa shape index (κ2) is 6.72. The normalized spacial score (nSPS) is 16.1. The first-order chi connectivity index (χ1) is 10.7. The van der Waals surface area contributed by atoms with Crippen molar-refractivity contribution in [1.29, 1.82) is 0 Å². The molecule has 2 nitrogen and oxygen atoms in total. The molecule has 0 N–H and O–H groups in total. The van der Waals surface area contributed by atoms with Gasteiger partial charge in [0.05, 0.1) is 12.5 Å². The van der Waals surface area contributed by atoms with Crippen LogP contribution >= 0.6 is 11.6 Å². The lowest BCUT2D eigenvalue weighted by atomic mass is 9.99. The topological polar surface area (TPSA) is 12.5 Å². The molecule has 0 spiro atoms. The SMILES string of the molecule is COc1ccc(C)cc1C(Cl)CN1CCc2ccccc2C1. The molecule has 1 aliphatic heterocycles. The first-order valence-electron chi connectivity index (χ1n) is 7.75. The molecular weight excluding hydrogens is 294 g/mol. The van der Waals surface area contributed by atoms with Crippen LogP contribution in [0.15, 0.2) is 42.5 Å². The second-order valence-electron chi connectivity index (χ2n) is 5.97. The zero-order chi connectivity index (χ0) is 15.5. The molecule has 0 saturated carbocycles. The Morgan fingerprint density at radius 3 is 2.73 bits per heavy atom. The molecule has 22 heavy (non-hydrogen) atoms. The van der Waals surface area contributed by atoms with E-state index < -0.39 is 0 Å². The maximum atomic E-state index is 6.70. The number of benzene rings is 2. The van der Waals surface area contributed by atoms with Gasteiger partial charge in [0, 0.05) is 25.2 Å². The van der Waals surface area contributed by atoms with Gasteiger partial charge in [-0.05, 0) is 30.5 Å². The average Bonchev–Trinajstić information content (AvgIpc) is 2.54. The molecule has 0 aliphatic carbocycles. The first kappa shape index (κ1) is 15.4. The summed E-state index contributed by atoms with van der Waals surface area (Å²) >= 11 is 6.70. The molecule has 0 radical (unpaired) electrons. The third-order valence-corrected chi connectivity index (χ3v) is 4.72. The highest BCUT2D eigenvalue weighted by atomic mass is 35.5. The number of hydrogen-bond donors (Lipinski definition) is 0. The molecule has 1 aliphatic rings. The van der Waals surface area contributed by atoms with Crippen LogP contribution < -0.4 is 4.74 Å². The Bertz CT molecular complexity index is 656. The van der Waals surface area contributed by atoms with Gasteiger partial charge < -0.3 is 4.74 Å². The van der Waals surface area contributed by atoms with Crippen LogP contribution in [0.2, 0.25) is 0 Å². The van der Waals surface area contributed by atoms with Gasteiger partial charge in [0.2, 0.25) is 0 Å². The standard InChI is InChI=1S/C19H22ClNO/c1-14-7-8-19(22-2)17(11-14)18(20)13-21-10-9-15-5-3-4-6-16(15)12-21/h3-8,11,18H,9-10,12-13H2,1-2H3. The fourth-order valence-electron chi connectivity index (χ4n) is 3.13. The maximum Gasteiger partial charge on any atom is 0.123 e. The lowest BCUT2D eigenvalue weighted by Gasteiger charge is -2.30. The number of alkyl halides is 1. The van der Waals surface area contributed by atoms with Crippen LogP contribution in [0.3, 0.4) is 0 Å². The number of methoxy groups -OCH3 is 1. The van der Waals surface area contributed by atoms with Gasteiger partial charge in [-0.15, -0.1) is 11.6 Å².